The molecule has 0 bridgehead atoms. The van der Waals surface area contributed by atoms with Gasteiger partial charge in [-0.15, -0.1) is 0 Å². The van der Waals surface area contributed by atoms with E-state index < -0.39 is 6.10 Å². The van der Waals surface area contributed by atoms with Gasteiger partial charge in [-0.05, 0) is 15.9 Å². The number of amides is 1. The van der Waals surface area contributed by atoms with Gasteiger partial charge >= 0.3 is 0 Å². The number of β-amino-alcohol motifs (C(OH)–C–C–N with tert-alkyl or cyclic N) is 1. The minimum atomic E-state index is -0.567. The zero-order valence-electron chi connectivity index (χ0n) is 6.70. The second-order valence-electron chi connectivity index (χ2n) is 2.94. The van der Waals surface area contributed by atoms with Crippen LogP contribution in [0.25, 0.3) is 0 Å². The first-order valence-corrected chi connectivity index (χ1v) is 4.65. The fraction of sp³-hybridized carbons (Fsp3) is 0.429. The Morgan fingerprint density at radius 1 is 1.77 bits per heavy atom. The topological polar surface area (TPSA) is 69.2 Å². The summed E-state index contributed by atoms with van der Waals surface area (Å²) in [5.41, 5.74) is 0. The van der Waals surface area contributed by atoms with Crippen LogP contribution in [0.4, 0.5) is 5.82 Å². The number of carbonyl (C=O) groups is 1. The van der Waals surface area contributed by atoms with Crippen LogP contribution in [0.1, 0.15) is 6.42 Å². The molecule has 13 heavy (non-hydrogen) atoms. The molecule has 0 aromatic carbocycles. The van der Waals surface area contributed by atoms with Crippen molar-refractivity contribution in [2.24, 2.45) is 0 Å². The van der Waals surface area contributed by atoms with Gasteiger partial charge < -0.3 is 5.11 Å². The number of rotatable bonds is 1. The fourth-order valence-corrected chi connectivity index (χ4v) is 1.63. The number of aliphatic hydroxyl groups excluding tert-OH is 1. The molecule has 0 aliphatic carbocycles. The Bertz CT molecular complexity index is 338. The molecule has 1 saturated heterocycles. The summed E-state index contributed by atoms with van der Waals surface area (Å²) in [5, 5.41) is 15.8. The molecule has 0 spiro atoms. The highest BCUT2D eigenvalue weighted by atomic mass is 79.9. The highest BCUT2D eigenvalue weighted by Crippen LogP contribution is 2.21. The highest BCUT2D eigenvalue weighted by molar-refractivity contribution is 9.10. The number of aromatic nitrogens is 2. The second-order valence-corrected chi connectivity index (χ2v) is 3.79. The van der Waals surface area contributed by atoms with E-state index in [0.29, 0.717) is 12.4 Å². The molecule has 1 aromatic heterocycles. The van der Waals surface area contributed by atoms with E-state index in [1.807, 2.05) is 0 Å². The van der Waals surface area contributed by atoms with Crippen LogP contribution in [0, 0.1) is 0 Å². The van der Waals surface area contributed by atoms with Crippen LogP contribution in [0.15, 0.2) is 10.7 Å². The Hall–Kier alpha value is -0.880. The summed E-state index contributed by atoms with van der Waals surface area (Å²) in [5.74, 6) is 0.458. The summed E-state index contributed by atoms with van der Waals surface area (Å²) < 4.78 is 0.719. The third-order valence-corrected chi connectivity index (χ3v) is 2.32. The van der Waals surface area contributed by atoms with E-state index in [9.17, 15) is 9.90 Å². The summed E-state index contributed by atoms with van der Waals surface area (Å²) in [4.78, 5) is 12.8. The first-order valence-electron chi connectivity index (χ1n) is 3.86. The van der Waals surface area contributed by atoms with Crippen molar-refractivity contribution in [2.75, 3.05) is 11.4 Å². The number of hydrogen-bond acceptors (Lipinski definition) is 3. The monoisotopic (exact) mass is 245 g/mol. The summed E-state index contributed by atoms with van der Waals surface area (Å²) in [6.45, 7) is 0.329. The molecule has 1 aromatic rings. The van der Waals surface area contributed by atoms with Crippen LogP contribution in [0.2, 0.25) is 0 Å². The molecule has 1 unspecified atom stereocenters. The van der Waals surface area contributed by atoms with Crippen molar-refractivity contribution in [1.82, 2.24) is 10.2 Å². The first kappa shape index (κ1) is 8.71. The molecule has 2 heterocycles. The molecular weight excluding hydrogens is 238 g/mol. The van der Waals surface area contributed by atoms with Gasteiger partial charge in [0.15, 0.2) is 5.82 Å². The lowest BCUT2D eigenvalue weighted by Crippen LogP contribution is -2.25. The number of hydrogen-bond donors (Lipinski definition) is 2. The maximum atomic E-state index is 11.3. The maximum Gasteiger partial charge on any atom is 0.230 e. The average Bonchev–Trinajstić information content (AvgIpc) is 2.58. The standard InChI is InChI=1S/C7H8BrN3O2/c8-5-2-6(10-9-5)11-3-4(12)1-7(11)13/h2,4,12H,1,3H2,(H,9,10). The van der Waals surface area contributed by atoms with E-state index in [1.54, 1.807) is 6.07 Å². The van der Waals surface area contributed by atoms with Crippen molar-refractivity contribution in [1.29, 1.82) is 0 Å². The van der Waals surface area contributed by atoms with Crippen molar-refractivity contribution < 1.29 is 9.90 Å². The number of H-pyrrole nitrogens is 1. The predicted molar refractivity (Wildman–Crippen MR) is 49.3 cm³/mol. The number of aliphatic hydroxyl groups is 1. The van der Waals surface area contributed by atoms with E-state index >= 15 is 0 Å². The van der Waals surface area contributed by atoms with Gasteiger partial charge in [-0.1, -0.05) is 0 Å². The largest absolute Gasteiger partial charge is 0.391 e. The van der Waals surface area contributed by atoms with Crippen molar-refractivity contribution in [3.8, 4) is 0 Å². The predicted octanol–water partition coefficient (Wildman–Crippen LogP) is 0.270. The smallest absolute Gasteiger partial charge is 0.230 e. The number of halogens is 1. The van der Waals surface area contributed by atoms with Gasteiger partial charge in [-0.25, -0.2) is 0 Å². The second kappa shape index (κ2) is 3.12. The Balaban J connectivity index is 2.22. The third-order valence-electron chi connectivity index (χ3n) is 1.91. The normalized spacial score (nSPS) is 22.8. The number of aromatic amines is 1. The van der Waals surface area contributed by atoms with Gasteiger partial charge in [0, 0.05) is 6.07 Å². The molecule has 6 heteroatoms. The van der Waals surface area contributed by atoms with Gasteiger partial charge in [-0.3, -0.25) is 14.8 Å². The maximum absolute atomic E-state index is 11.3. The number of nitrogens with one attached hydrogen (secondary N) is 1. The van der Waals surface area contributed by atoms with Crippen LogP contribution >= 0.6 is 15.9 Å². The number of anilines is 1. The molecule has 5 nitrogen and oxygen atoms in total. The minimum absolute atomic E-state index is 0.0912. The van der Waals surface area contributed by atoms with Gasteiger partial charge in [0.05, 0.1) is 19.1 Å². The molecule has 0 saturated carbocycles. The molecule has 2 N–H and O–H groups in total. The van der Waals surface area contributed by atoms with Crippen LogP contribution in [0.5, 0.6) is 0 Å². The van der Waals surface area contributed by atoms with E-state index in [1.165, 1.54) is 4.90 Å². The lowest BCUT2D eigenvalue weighted by atomic mass is 10.3. The molecule has 1 amide bonds. The molecule has 1 aliphatic rings. The SMILES string of the molecule is O=C1CC(O)CN1c1cc(Br)[nH]n1. The molecule has 1 aliphatic heterocycles. The molecule has 1 fully saturated rings. The van der Waals surface area contributed by atoms with Gasteiger partial charge in [-0.2, -0.15) is 5.10 Å². The number of carbonyl (C=O) groups excluding carboxylic acids is 1. The number of nitrogens with zero attached hydrogens (tertiary/aromatic N) is 2. The van der Waals surface area contributed by atoms with E-state index in [4.69, 9.17) is 0 Å². The highest BCUT2D eigenvalue weighted by Gasteiger charge is 2.30. The van der Waals surface area contributed by atoms with Crippen molar-refractivity contribution >= 4 is 27.7 Å². The summed E-state index contributed by atoms with van der Waals surface area (Å²) >= 11 is 3.20. The van der Waals surface area contributed by atoms with Gasteiger partial charge in [0.1, 0.15) is 4.60 Å². The van der Waals surface area contributed by atoms with Crippen molar-refractivity contribution in [3.05, 3.63) is 10.7 Å². The quantitative estimate of drug-likeness (QED) is 0.747. The van der Waals surface area contributed by atoms with Crippen molar-refractivity contribution in [2.45, 2.75) is 12.5 Å². The van der Waals surface area contributed by atoms with E-state index in [2.05, 4.69) is 26.1 Å². The van der Waals surface area contributed by atoms with E-state index in [0.717, 1.165) is 4.60 Å². The zero-order chi connectivity index (χ0) is 9.42. The zero-order valence-corrected chi connectivity index (χ0v) is 8.28. The Morgan fingerprint density at radius 2 is 2.54 bits per heavy atom. The van der Waals surface area contributed by atoms with Gasteiger partial charge in [0.2, 0.25) is 5.91 Å². The lowest BCUT2D eigenvalue weighted by Gasteiger charge is -2.10. The summed E-state index contributed by atoms with van der Waals surface area (Å²) in [7, 11) is 0. The summed E-state index contributed by atoms with van der Waals surface area (Å²) in [6, 6.07) is 1.70. The van der Waals surface area contributed by atoms with Crippen molar-refractivity contribution in [3.63, 3.8) is 0 Å². The molecule has 1 atom stereocenters. The van der Waals surface area contributed by atoms with Crippen LogP contribution < -0.4 is 4.90 Å². The van der Waals surface area contributed by atoms with Crippen LogP contribution in [-0.2, 0) is 4.79 Å². The molecule has 0 radical (unpaired) electrons. The van der Waals surface area contributed by atoms with Crippen LogP contribution in [0.3, 0.4) is 0 Å². The lowest BCUT2D eigenvalue weighted by molar-refractivity contribution is -0.117. The molecule has 2 rings (SSSR count). The fourth-order valence-electron chi connectivity index (χ4n) is 1.34. The Kier molecular flexibility index (Phi) is 2.09. The average molecular weight is 246 g/mol. The summed E-state index contributed by atoms with van der Waals surface area (Å²) in [6.07, 6.45) is -0.382. The Labute approximate surface area is 82.9 Å². The first-order chi connectivity index (χ1) is 6.16. The molecular formula is C7H8BrN3O2. The Morgan fingerprint density at radius 3 is 3.00 bits per heavy atom. The minimum Gasteiger partial charge on any atom is -0.391 e. The van der Waals surface area contributed by atoms with Gasteiger partial charge in [0.25, 0.3) is 0 Å². The van der Waals surface area contributed by atoms with Crippen LogP contribution in [-0.4, -0.2) is 33.9 Å². The van der Waals surface area contributed by atoms with E-state index in [-0.39, 0.29) is 12.3 Å². The molecule has 70 valence electrons. The third kappa shape index (κ3) is 1.59.